The third-order valence-electron chi connectivity index (χ3n) is 2.09. The summed E-state index contributed by atoms with van der Waals surface area (Å²) in [6, 6.07) is 4.86. The molecule has 0 fully saturated rings. The van der Waals surface area contributed by atoms with E-state index >= 15 is 0 Å². The van der Waals surface area contributed by atoms with E-state index in [1.807, 2.05) is 0 Å². The highest BCUT2D eigenvalue weighted by atomic mass is 32.1. The minimum atomic E-state index is -4.37. The summed E-state index contributed by atoms with van der Waals surface area (Å²) in [5.74, 6) is 0. The first-order chi connectivity index (χ1) is 8.34. The number of rotatable bonds is 3. The maximum atomic E-state index is 12.5. The molecule has 7 heteroatoms. The number of halogens is 3. The summed E-state index contributed by atoms with van der Waals surface area (Å²) in [5, 5.41) is 2.95. The van der Waals surface area contributed by atoms with Crippen molar-refractivity contribution in [3.63, 3.8) is 0 Å². The molecule has 0 heterocycles. The Balaban J connectivity index is 2.78. The van der Waals surface area contributed by atoms with E-state index in [9.17, 15) is 13.2 Å². The van der Waals surface area contributed by atoms with Crippen LogP contribution >= 0.6 is 12.2 Å². The van der Waals surface area contributed by atoms with E-state index in [1.165, 1.54) is 12.1 Å². The van der Waals surface area contributed by atoms with Gasteiger partial charge in [-0.25, -0.2) is 0 Å². The number of hydrogen-bond donors (Lipinski definition) is 3. The summed E-state index contributed by atoms with van der Waals surface area (Å²) in [7, 11) is 1.62. The van der Waals surface area contributed by atoms with Gasteiger partial charge in [0.15, 0.2) is 5.11 Å². The normalized spacial score (nSPS) is 10.7. The number of hydrazine groups is 1. The van der Waals surface area contributed by atoms with Crippen molar-refractivity contribution in [2.45, 2.75) is 6.18 Å². The van der Waals surface area contributed by atoms with Gasteiger partial charge in [-0.1, -0.05) is 18.7 Å². The van der Waals surface area contributed by atoms with Crippen LogP contribution in [0, 0.1) is 0 Å². The van der Waals surface area contributed by atoms with Crippen LogP contribution in [0.15, 0.2) is 30.8 Å². The Hall–Kier alpha value is -1.76. The zero-order valence-electron chi connectivity index (χ0n) is 9.56. The van der Waals surface area contributed by atoms with Crippen LogP contribution in [-0.4, -0.2) is 12.2 Å². The van der Waals surface area contributed by atoms with Crippen LogP contribution in [0.1, 0.15) is 11.1 Å². The zero-order valence-corrected chi connectivity index (χ0v) is 10.4. The Kier molecular flexibility index (Phi) is 4.55. The van der Waals surface area contributed by atoms with Crippen molar-refractivity contribution < 1.29 is 13.2 Å². The molecule has 0 unspecified atom stereocenters. The van der Waals surface area contributed by atoms with Crippen molar-refractivity contribution in [1.29, 1.82) is 0 Å². The van der Waals surface area contributed by atoms with Gasteiger partial charge in [0.2, 0.25) is 0 Å². The summed E-state index contributed by atoms with van der Waals surface area (Å²) in [5.41, 5.74) is 5.09. The molecule has 0 amide bonds. The van der Waals surface area contributed by atoms with E-state index in [1.54, 1.807) is 7.05 Å². The second kappa shape index (κ2) is 5.72. The van der Waals surface area contributed by atoms with Crippen LogP contribution in [0.3, 0.4) is 0 Å². The van der Waals surface area contributed by atoms with Crippen LogP contribution in [-0.2, 0) is 6.18 Å². The van der Waals surface area contributed by atoms with Crippen molar-refractivity contribution in [2.24, 2.45) is 0 Å². The minimum Gasteiger partial charge on any atom is -0.364 e. The first kappa shape index (κ1) is 14.3. The molecule has 0 aliphatic carbocycles. The van der Waals surface area contributed by atoms with Crippen molar-refractivity contribution in [2.75, 3.05) is 7.05 Å². The molecule has 0 atom stereocenters. The van der Waals surface area contributed by atoms with E-state index in [-0.39, 0.29) is 0 Å². The number of thiocarbonyl (C=S) groups is 1. The number of benzene rings is 1. The Morgan fingerprint density at radius 3 is 2.50 bits per heavy atom. The highest BCUT2D eigenvalue weighted by Crippen LogP contribution is 2.30. The molecule has 0 saturated heterocycles. The van der Waals surface area contributed by atoms with Gasteiger partial charge in [-0.05, 0) is 29.9 Å². The smallest absolute Gasteiger partial charge is 0.364 e. The number of alkyl halides is 3. The lowest BCUT2D eigenvalue weighted by Gasteiger charge is -2.14. The predicted molar refractivity (Wildman–Crippen MR) is 68.4 cm³/mol. The van der Waals surface area contributed by atoms with Crippen molar-refractivity contribution in [3.8, 4) is 0 Å². The van der Waals surface area contributed by atoms with Crippen LogP contribution in [0.2, 0.25) is 0 Å². The predicted octanol–water partition coefficient (Wildman–Crippen LogP) is 2.27. The van der Waals surface area contributed by atoms with Crippen LogP contribution in [0.4, 0.5) is 13.2 Å². The highest BCUT2D eigenvalue weighted by molar-refractivity contribution is 7.80. The van der Waals surface area contributed by atoms with Gasteiger partial charge in [0, 0.05) is 7.05 Å². The molecule has 1 aromatic carbocycles. The maximum absolute atomic E-state index is 12.5. The number of hydrogen-bond acceptors (Lipinski definition) is 2. The highest BCUT2D eigenvalue weighted by Gasteiger charge is 2.30. The largest absolute Gasteiger partial charge is 0.416 e. The van der Waals surface area contributed by atoms with E-state index in [0.29, 0.717) is 16.4 Å². The molecule has 98 valence electrons. The first-order valence-electron chi connectivity index (χ1n) is 4.95. The third kappa shape index (κ3) is 3.92. The maximum Gasteiger partial charge on any atom is 0.416 e. The van der Waals surface area contributed by atoms with E-state index in [0.717, 1.165) is 12.1 Å². The molecule has 0 aromatic heterocycles. The molecule has 0 bridgehead atoms. The molecular weight excluding hydrogens is 263 g/mol. The lowest BCUT2D eigenvalue weighted by Crippen LogP contribution is -2.41. The Bertz CT molecular complexity index is 457. The average molecular weight is 275 g/mol. The second-order valence-electron chi connectivity index (χ2n) is 3.39. The summed E-state index contributed by atoms with van der Waals surface area (Å²) in [6.07, 6.45) is -4.37. The molecule has 3 nitrogen and oxygen atoms in total. The molecule has 0 saturated carbocycles. The van der Waals surface area contributed by atoms with Crippen molar-refractivity contribution in [1.82, 2.24) is 16.2 Å². The summed E-state index contributed by atoms with van der Waals surface area (Å²) < 4.78 is 37.5. The van der Waals surface area contributed by atoms with Crippen LogP contribution in [0.5, 0.6) is 0 Å². The number of nitrogens with one attached hydrogen (secondary N) is 3. The zero-order chi connectivity index (χ0) is 13.8. The molecule has 0 aliphatic rings. The lowest BCUT2D eigenvalue weighted by atomic mass is 10.1. The third-order valence-corrected chi connectivity index (χ3v) is 2.40. The monoisotopic (exact) mass is 275 g/mol. The van der Waals surface area contributed by atoms with Gasteiger partial charge < -0.3 is 5.32 Å². The van der Waals surface area contributed by atoms with Gasteiger partial charge in [-0.15, -0.1) is 0 Å². The quantitative estimate of drug-likeness (QED) is 0.584. The molecule has 18 heavy (non-hydrogen) atoms. The van der Waals surface area contributed by atoms with Gasteiger partial charge >= 0.3 is 6.18 Å². The molecule has 0 radical (unpaired) electrons. The summed E-state index contributed by atoms with van der Waals surface area (Å²) >= 11 is 4.80. The lowest BCUT2D eigenvalue weighted by molar-refractivity contribution is -0.137. The van der Waals surface area contributed by atoms with Gasteiger partial charge in [-0.3, -0.25) is 10.9 Å². The fraction of sp³-hybridized carbons (Fsp3) is 0.182. The SMILES string of the molecule is C=C(NNC(=S)NC)c1cccc(C(F)(F)F)c1. The molecule has 0 aliphatic heterocycles. The molecule has 0 spiro atoms. The fourth-order valence-electron chi connectivity index (χ4n) is 1.15. The first-order valence-corrected chi connectivity index (χ1v) is 5.35. The topological polar surface area (TPSA) is 36.1 Å². The van der Waals surface area contributed by atoms with E-state index < -0.39 is 11.7 Å². The van der Waals surface area contributed by atoms with Gasteiger partial charge in [0.25, 0.3) is 0 Å². The Morgan fingerprint density at radius 1 is 1.28 bits per heavy atom. The van der Waals surface area contributed by atoms with E-state index in [2.05, 4.69) is 22.7 Å². The van der Waals surface area contributed by atoms with Crippen molar-refractivity contribution in [3.05, 3.63) is 42.0 Å². The van der Waals surface area contributed by atoms with Gasteiger partial charge in [-0.2, -0.15) is 13.2 Å². The van der Waals surface area contributed by atoms with E-state index in [4.69, 9.17) is 12.2 Å². The minimum absolute atomic E-state index is 0.290. The summed E-state index contributed by atoms with van der Waals surface area (Å²) in [4.78, 5) is 0. The van der Waals surface area contributed by atoms with Gasteiger partial charge in [0.05, 0.1) is 11.3 Å². The molecular formula is C11H12F3N3S. The Morgan fingerprint density at radius 2 is 1.94 bits per heavy atom. The second-order valence-corrected chi connectivity index (χ2v) is 3.79. The standard InChI is InChI=1S/C11H12F3N3S/c1-7(16-17-10(18)15-2)8-4-3-5-9(6-8)11(12,13)14/h3-6,16H,1H2,2H3,(H2,15,17,18). The summed E-state index contributed by atoms with van der Waals surface area (Å²) in [6.45, 7) is 3.63. The molecule has 1 rings (SSSR count). The molecule has 3 N–H and O–H groups in total. The average Bonchev–Trinajstić information content (AvgIpc) is 2.34. The Labute approximate surface area is 108 Å². The molecule has 1 aromatic rings. The van der Waals surface area contributed by atoms with Gasteiger partial charge in [0.1, 0.15) is 0 Å². The fourth-order valence-corrected chi connectivity index (χ4v) is 1.20. The van der Waals surface area contributed by atoms with Crippen LogP contribution < -0.4 is 16.2 Å². The van der Waals surface area contributed by atoms with Crippen LogP contribution in [0.25, 0.3) is 5.70 Å². The van der Waals surface area contributed by atoms with Crippen molar-refractivity contribution >= 4 is 23.0 Å².